The van der Waals surface area contributed by atoms with Gasteiger partial charge in [-0.1, -0.05) is 45.2 Å². The molecule has 0 aromatic heterocycles. The first-order valence-corrected chi connectivity index (χ1v) is 9.56. The lowest BCUT2D eigenvalue weighted by Gasteiger charge is -2.27. The van der Waals surface area contributed by atoms with Crippen LogP contribution in [0.1, 0.15) is 26.3 Å². The number of hydrogen-bond donors (Lipinski definition) is 0. The number of likely N-dealkylation sites (tertiary alicyclic amines) is 1. The van der Waals surface area contributed by atoms with Crippen LogP contribution in [0.25, 0.3) is 0 Å². The Hall–Kier alpha value is -0.450. The second-order valence-electron chi connectivity index (χ2n) is 7.40. The first kappa shape index (κ1) is 17.4. The minimum Gasteiger partial charge on any atom is -0.444 e. The third-order valence-electron chi connectivity index (χ3n) is 4.84. The molecule has 0 bridgehead atoms. The van der Waals surface area contributed by atoms with Gasteiger partial charge >= 0.3 is 6.09 Å². The highest BCUT2D eigenvalue weighted by Crippen LogP contribution is 2.65. The lowest BCUT2D eigenvalue weighted by molar-refractivity contribution is 0.0263. The number of alkyl halides is 1. The Morgan fingerprint density at radius 3 is 2.65 bits per heavy atom. The Bertz CT molecular complexity index is 646. The van der Waals surface area contributed by atoms with Gasteiger partial charge in [-0.3, -0.25) is 0 Å². The Balaban J connectivity index is 1.83. The number of carbonyl (C=O) groups excluding carboxylic acids is 1. The van der Waals surface area contributed by atoms with Crippen molar-refractivity contribution in [2.75, 3.05) is 18.4 Å². The SMILES string of the molecule is CC(C)(C)OC(=O)N1CC2C(CBr)C2(c2ccc(Cl)c(Cl)c2)C1. The number of amides is 1. The van der Waals surface area contributed by atoms with Gasteiger partial charge in [-0.2, -0.15) is 0 Å². The molecule has 3 rings (SSSR count). The summed E-state index contributed by atoms with van der Waals surface area (Å²) >= 11 is 15.9. The van der Waals surface area contributed by atoms with Gasteiger partial charge in [-0.15, -0.1) is 0 Å². The van der Waals surface area contributed by atoms with E-state index in [9.17, 15) is 4.79 Å². The zero-order valence-electron chi connectivity index (χ0n) is 13.4. The summed E-state index contributed by atoms with van der Waals surface area (Å²) in [5.74, 6) is 0.949. The van der Waals surface area contributed by atoms with Gasteiger partial charge < -0.3 is 9.64 Å². The molecule has 1 aliphatic carbocycles. The number of rotatable bonds is 2. The highest BCUT2D eigenvalue weighted by Gasteiger charge is 2.69. The Morgan fingerprint density at radius 2 is 2.09 bits per heavy atom. The van der Waals surface area contributed by atoms with Crippen LogP contribution < -0.4 is 0 Å². The van der Waals surface area contributed by atoms with Crippen LogP contribution in [0.2, 0.25) is 10.0 Å². The van der Waals surface area contributed by atoms with Gasteiger partial charge in [-0.25, -0.2) is 4.79 Å². The van der Waals surface area contributed by atoms with E-state index in [1.807, 2.05) is 43.9 Å². The lowest BCUT2D eigenvalue weighted by Crippen LogP contribution is -2.39. The summed E-state index contributed by atoms with van der Waals surface area (Å²) in [5, 5.41) is 2.04. The fraction of sp³-hybridized carbons (Fsp3) is 0.588. The van der Waals surface area contributed by atoms with Crippen LogP contribution in [0.4, 0.5) is 4.79 Å². The van der Waals surface area contributed by atoms with Gasteiger partial charge in [0.15, 0.2) is 0 Å². The van der Waals surface area contributed by atoms with E-state index in [0.717, 1.165) is 17.4 Å². The van der Waals surface area contributed by atoms with Gasteiger partial charge in [-0.05, 0) is 50.3 Å². The molecule has 126 valence electrons. The van der Waals surface area contributed by atoms with E-state index in [1.165, 1.54) is 0 Å². The van der Waals surface area contributed by atoms with E-state index in [4.69, 9.17) is 27.9 Å². The molecule has 0 spiro atoms. The number of piperidine rings is 1. The molecule has 1 aliphatic heterocycles. The van der Waals surface area contributed by atoms with Crippen molar-refractivity contribution in [2.45, 2.75) is 31.8 Å². The predicted molar refractivity (Wildman–Crippen MR) is 96.7 cm³/mol. The normalized spacial score (nSPS) is 29.4. The molecule has 0 N–H and O–H groups in total. The lowest BCUT2D eigenvalue weighted by atomic mass is 9.93. The van der Waals surface area contributed by atoms with Gasteiger partial charge in [0.05, 0.1) is 10.0 Å². The van der Waals surface area contributed by atoms with Crippen molar-refractivity contribution in [1.29, 1.82) is 0 Å². The summed E-state index contributed by atoms with van der Waals surface area (Å²) in [6, 6.07) is 5.81. The van der Waals surface area contributed by atoms with Crippen molar-refractivity contribution < 1.29 is 9.53 Å². The van der Waals surface area contributed by atoms with E-state index in [1.54, 1.807) is 0 Å². The molecule has 1 saturated heterocycles. The molecule has 1 aromatic carbocycles. The highest BCUT2D eigenvalue weighted by atomic mass is 79.9. The van der Waals surface area contributed by atoms with E-state index in [0.29, 0.717) is 28.4 Å². The Labute approximate surface area is 155 Å². The standard InChI is InChI=1S/C17H20BrCl2NO2/c1-16(2,3)23-15(22)21-8-12-11(7-18)17(12,9-21)10-4-5-13(19)14(20)6-10/h4-6,11-12H,7-9H2,1-3H3. The molecule has 3 nitrogen and oxygen atoms in total. The maximum absolute atomic E-state index is 12.4. The van der Waals surface area contributed by atoms with Crippen LogP contribution in [0.5, 0.6) is 0 Å². The maximum Gasteiger partial charge on any atom is 0.410 e. The van der Waals surface area contributed by atoms with Crippen molar-refractivity contribution in [2.24, 2.45) is 11.8 Å². The first-order chi connectivity index (χ1) is 10.7. The quantitative estimate of drug-likeness (QED) is 0.621. The average molecular weight is 421 g/mol. The van der Waals surface area contributed by atoms with Crippen molar-refractivity contribution in [1.82, 2.24) is 4.90 Å². The van der Waals surface area contributed by atoms with Crippen LogP contribution >= 0.6 is 39.1 Å². The van der Waals surface area contributed by atoms with Gasteiger partial charge in [0.2, 0.25) is 0 Å². The molecule has 1 amide bonds. The van der Waals surface area contributed by atoms with Crippen molar-refractivity contribution in [3.05, 3.63) is 33.8 Å². The Morgan fingerprint density at radius 1 is 1.39 bits per heavy atom. The smallest absolute Gasteiger partial charge is 0.410 e. The van der Waals surface area contributed by atoms with E-state index in [-0.39, 0.29) is 11.5 Å². The monoisotopic (exact) mass is 419 g/mol. The van der Waals surface area contributed by atoms with Gasteiger partial charge in [0, 0.05) is 23.8 Å². The van der Waals surface area contributed by atoms with E-state index < -0.39 is 5.60 Å². The first-order valence-electron chi connectivity index (χ1n) is 7.68. The van der Waals surface area contributed by atoms with Crippen LogP contribution in [-0.4, -0.2) is 35.0 Å². The third-order valence-corrected chi connectivity index (χ3v) is 6.28. The summed E-state index contributed by atoms with van der Waals surface area (Å²) in [7, 11) is 0. The summed E-state index contributed by atoms with van der Waals surface area (Å²) in [4.78, 5) is 14.2. The number of carbonyl (C=O) groups is 1. The molecule has 0 radical (unpaired) electrons. The molecule has 23 heavy (non-hydrogen) atoms. The molecule has 3 atom stereocenters. The molecule has 1 heterocycles. The highest BCUT2D eigenvalue weighted by molar-refractivity contribution is 9.09. The van der Waals surface area contributed by atoms with Crippen molar-refractivity contribution >= 4 is 45.2 Å². The number of benzene rings is 1. The largest absolute Gasteiger partial charge is 0.444 e. The predicted octanol–water partition coefficient (Wildman–Crippen LogP) is 5.12. The average Bonchev–Trinajstić information content (AvgIpc) is 2.87. The van der Waals surface area contributed by atoms with Crippen LogP contribution in [0, 0.1) is 11.8 Å². The molecule has 3 unspecified atom stereocenters. The molecule has 2 aliphatic rings. The minimum atomic E-state index is -0.477. The number of fused-ring (bicyclic) bond motifs is 1. The van der Waals surface area contributed by atoms with E-state index >= 15 is 0 Å². The summed E-state index contributed by atoms with van der Waals surface area (Å²) < 4.78 is 5.51. The van der Waals surface area contributed by atoms with Gasteiger partial charge in [0.25, 0.3) is 0 Å². The number of hydrogen-bond acceptors (Lipinski definition) is 2. The third kappa shape index (κ3) is 2.98. The van der Waals surface area contributed by atoms with Crippen LogP contribution in [0.15, 0.2) is 18.2 Å². The molecule has 1 aromatic rings. The number of ether oxygens (including phenoxy) is 1. The summed E-state index contributed by atoms with van der Waals surface area (Å²) in [6.07, 6.45) is -0.238. The fourth-order valence-corrected chi connectivity index (χ4v) is 5.09. The van der Waals surface area contributed by atoms with Gasteiger partial charge in [0.1, 0.15) is 5.60 Å². The number of nitrogens with zero attached hydrogens (tertiary/aromatic N) is 1. The molecule has 2 fully saturated rings. The second-order valence-corrected chi connectivity index (χ2v) is 8.86. The summed E-state index contributed by atoms with van der Waals surface area (Å²) in [5.41, 5.74) is 0.650. The molecule has 6 heteroatoms. The fourth-order valence-electron chi connectivity index (χ4n) is 3.76. The molecular formula is C17H20BrCl2NO2. The summed E-state index contributed by atoms with van der Waals surface area (Å²) in [6.45, 7) is 7.05. The molecular weight excluding hydrogens is 401 g/mol. The van der Waals surface area contributed by atoms with Crippen LogP contribution in [-0.2, 0) is 10.2 Å². The van der Waals surface area contributed by atoms with Crippen molar-refractivity contribution in [3.63, 3.8) is 0 Å². The topological polar surface area (TPSA) is 29.5 Å². The zero-order chi connectivity index (χ0) is 17.0. The molecule has 1 saturated carbocycles. The van der Waals surface area contributed by atoms with Crippen molar-refractivity contribution in [3.8, 4) is 0 Å². The minimum absolute atomic E-state index is 0.0331. The van der Waals surface area contributed by atoms with Crippen LogP contribution in [0.3, 0.4) is 0 Å². The zero-order valence-corrected chi connectivity index (χ0v) is 16.5. The Kier molecular flexibility index (Phi) is 4.40. The number of halogens is 3. The maximum atomic E-state index is 12.4. The second kappa shape index (κ2) is 5.82. The van der Waals surface area contributed by atoms with E-state index in [2.05, 4.69) is 15.9 Å².